The molecule has 0 atom stereocenters. The lowest BCUT2D eigenvalue weighted by atomic mass is 9.84. The Kier molecular flexibility index (Phi) is 8.39. The van der Waals surface area contributed by atoms with Gasteiger partial charge in [-0.3, -0.25) is 0 Å². The minimum absolute atomic E-state index is 0.854. The predicted molar refractivity (Wildman–Crippen MR) is 232 cm³/mol. The van der Waals surface area contributed by atoms with Crippen molar-refractivity contribution in [1.29, 1.82) is 0 Å². The Morgan fingerprint density at radius 1 is 0.273 bits per heavy atom. The maximum Gasteiger partial charge on any atom is 0.0467 e. The molecule has 0 heterocycles. The Hall–Kier alpha value is -6.96. The molecule has 10 rings (SSSR count). The number of benzene rings is 9. The van der Waals surface area contributed by atoms with Gasteiger partial charge in [-0.2, -0.15) is 0 Å². The lowest BCUT2D eigenvalue weighted by molar-refractivity contribution is 1.14. The van der Waals surface area contributed by atoms with E-state index in [2.05, 4.69) is 217 Å². The second-order valence-corrected chi connectivity index (χ2v) is 14.5. The summed E-state index contributed by atoms with van der Waals surface area (Å²) in [5.74, 6) is 0. The molecule has 1 aliphatic carbocycles. The third-order valence-corrected chi connectivity index (χ3v) is 11.2. The fraction of sp³-hybridized carbons (Fsp3) is 0.0370. The number of hydrogen-bond donors (Lipinski definition) is 0. The van der Waals surface area contributed by atoms with Crippen LogP contribution < -0.4 is 4.90 Å². The van der Waals surface area contributed by atoms with Crippen molar-refractivity contribution in [2.75, 3.05) is 4.90 Å². The molecule has 260 valence electrons. The summed E-state index contributed by atoms with van der Waals surface area (Å²) in [5.41, 5.74) is 18.9. The third kappa shape index (κ3) is 6.20. The van der Waals surface area contributed by atoms with E-state index in [1.54, 1.807) is 0 Å². The van der Waals surface area contributed by atoms with Gasteiger partial charge in [-0.25, -0.2) is 0 Å². The van der Waals surface area contributed by atoms with Crippen LogP contribution in [0.2, 0.25) is 0 Å². The summed E-state index contributed by atoms with van der Waals surface area (Å²) in [6, 6.07) is 77.8. The van der Waals surface area contributed by atoms with E-state index in [-0.39, 0.29) is 0 Å². The molecule has 0 saturated carbocycles. The fourth-order valence-electron chi connectivity index (χ4n) is 8.49. The van der Waals surface area contributed by atoms with E-state index in [9.17, 15) is 0 Å². The Labute approximate surface area is 323 Å². The highest BCUT2D eigenvalue weighted by atomic mass is 15.1. The Morgan fingerprint density at radius 2 is 0.764 bits per heavy atom. The van der Waals surface area contributed by atoms with Crippen LogP contribution >= 0.6 is 0 Å². The highest BCUT2D eigenvalue weighted by Crippen LogP contribution is 2.42. The highest BCUT2D eigenvalue weighted by Gasteiger charge is 2.20. The monoisotopic (exact) mass is 701 g/mol. The molecule has 0 amide bonds. The first-order valence-electron chi connectivity index (χ1n) is 19.2. The van der Waals surface area contributed by atoms with Crippen LogP contribution in [-0.4, -0.2) is 0 Å². The zero-order valence-electron chi connectivity index (χ0n) is 30.6. The standard InChI is InChI=1S/C54H39N/c1-3-14-38(15-4-1)40-29-33-53-44(34-40)19-13-25-49(53)39-26-30-47(31-27-39)55(46-20-5-2-6-21-46)48-32-28-45-36-42-17-8-11-23-51(42)50-22-10-7-16-41(50)35-43-18-9-12-24-52(43)54(45)37-48/h1-34,37H,35-36H2. The van der Waals surface area contributed by atoms with E-state index in [0.717, 1.165) is 29.9 Å². The van der Waals surface area contributed by atoms with Gasteiger partial charge in [0.25, 0.3) is 0 Å². The summed E-state index contributed by atoms with van der Waals surface area (Å²) in [7, 11) is 0. The molecule has 9 aromatic carbocycles. The van der Waals surface area contributed by atoms with Gasteiger partial charge in [0.15, 0.2) is 0 Å². The van der Waals surface area contributed by atoms with E-state index < -0.39 is 0 Å². The van der Waals surface area contributed by atoms with Crippen molar-refractivity contribution in [3.05, 3.63) is 235 Å². The molecule has 0 fully saturated rings. The molecule has 0 aliphatic heterocycles. The Bertz CT molecular complexity index is 2800. The number of hydrogen-bond acceptors (Lipinski definition) is 1. The first-order valence-corrected chi connectivity index (χ1v) is 19.2. The van der Waals surface area contributed by atoms with Gasteiger partial charge in [0.1, 0.15) is 0 Å². The van der Waals surface area contributed by atoms with Crippen LogP contribution in [0, 0.1) is 0 Å². The van der Waals surface area contributed by atoms with Crippen LogP contribution in [0.4, 0.5) is 17.1 Å². The molecule has 55 heavy (non-hydrogen) atoms. The molecule has 0 bridgehead atoms. The SMILES string of the molecule is c1ccc(-c2ccc3c(-c4ccc(N(c5ccccc5)c5ccc6c(c5)-c5ccccc5Cc5ccccc5-c5ccccc5C6)cc4)cccc3c2)cc1. The molecule has 0 N–H and O–H groups in total. The molecule has 0 radical (unpaired) electrons. The summed E-state index contributed by atoms with van der Waals surface area (Å²) in [5, 5.41) is 2.50. The zero-order chi connectivity index (χ0) is 36.6. The average Bonchev–Trinajstić information content (AvgIpc) is 3.25. The second-order valence-electron chi connectivity index (χ2n) is 14.5. The molecule has 0 saturated heterocycles. The van der Waals surface area contributed by atoms with Crippen molar-refractivity contribution in [3.63, 3.8) is 0 Å². The van der Waals surface area contributed by atoms with Gasteiger partial charge in [0.2, 0.25) is 0 Å². The second kappa shape index (κ2) is 14.1. The van der Waals surface area contributed by atoms with Gasteiger partial charge in [-0.05, 0) is 133 Å². The molecule has 1 nitrogen and oxygen atoms in total. The molecule has 1 aliphatic rings. The number of fused-ring (bicyclic) bond motifs is 7. The Morgan fingerprint density at radius 3 is 1.42 bits per heavy atom. The summed E-state index contributed by atoms with van der Waals surface area (Å²) in [4.78, 5) is 2.39. The molecular weight excluding hydrogens is 663 g/mol. The van der Waals surface area contributed by atoms with Crippen molar-refractivity contribution < 1.29 is 0 Å². The average molecular weight is 702 g/mol. The fourth-order valence-corrected chi connectivity index (χ4v) is 8.49. The number of rotatable bonds is 5. The predicted octanol–water partition coefficient (Wildman–Crippen LogP) is 14.5. The summed E-state index contributed by atoms with van der Waals surface area (Å²) in [6.07, 6.45) is 1.72. The highest BCUT2D eigenvalue weighted by molar-refractivity contribution is 5.99. The van der Waals surface area contributed by atoms with Gasteiger partial charge in [-0.15, -0.1) is 0 Å². The smallest absolute Gasteiger partial charge is 0.0467 e. The van der Waals surface area contributed by atoms with Crippen molar-refractivity contribution in [1.82, 2.24) is 0 Å². The maximum atomic E-state index is 2.42. The molecule has 1 heteroatoms. The molecule has 0 aromatic heterocycles. The van der Waals surface area contributed by atoms with Crippen molar-refractivity contribution in [3.8, 4) is 44.5 Å². The number of para-hydroxylation sites is 1. The largest absolute Gasteiger partial charge is 0.310 e. The van der Waals surface area contributed by atoms with Crippen molar-refractivity contribution >= 4 is 27.8 Å². The minimum atomic E-state index is 0.854. The van der Waals surface area contributed by atoms with Crippen LogP contribution in [0.3, 0.4) is 0 Å². The van der Waals surface area contributed by atoms with Gasteiger partial charge in [0.05, 0.1) is 0 Å². The first kappa shape index (κ1) is 32.7. The number of nitrogens with zero attached hydrogens (tertiary/aromatic N) is 1. The zero-order valence-corrected chi connectivity index (χ0v) is 30.6. The lowest BCUT2D eigenvalue weighted by Crippen LogP contribution is -2.11. The Balaban J connectivity index is 1.08. The van der Waals surface area contributed by atoms with Crippen molar-refractivity contribution in [2.45, 2.75) is 12.8 Å². The van der Waals surface area contributed by atoms with Gasteiger partial charge in [0, 0.05) is 17.1 Å². The first-order chi connectivity index (χ1) is 27.3. The summed E-state index contributed by atoms with van der Waals surface area (Å²) < 4.78 is 0. The van der Waals surface area contributed by atoms with E-state index >= 15 is 0 Å². The van der Waals surface area contributed by atoms with E-state index in [4.69, 9.17) is 0 Å². The van der Waals surface area contributed by atoms with Crippen LogP contribution in [0.1, 0.15) is 22.3 Å². The van der Waals surface area contributed by atoms with Crippen LogP contribution in [0.5, 0.6) is 0 Å². The molecule has 0 spiro atoms. The summed E-state index contributed by atoms with van der Waals surface area (Å²) in [6.45, 7) is 0. The van der Waals surface area contributed by atoms with E-state index in [0.29, 0.717) is 0 Å². The maximum absolute atomic E-state index is 2.42. The minimum Gasteiger partial charge on any atom is -0.310 e. The van der Waals surface area contributed by atoms with Gasteiger partial charge >= 0.3 is 0 Å². The summed E-state index contributed by atoms with van der Waals surface area (Å²) >= 11 is 0. The van der Waals surface area contributed by atoms with Gasteiger partial charge < -0.3 is 4.90 Å². The van der Waals surface area contributed by atoms with E-state index in [1.807, 2.05) is 0 Å². The van der Waals surface area contributed by atoms with Crippen LogP contribution in [-0.2, 0) is 12.8 Å². The third-order valence-electron chi connectivity index (χ3n) is 11.2. The molecular formula is C54H39N. The van der Waals surface area contributed by atoms with Crippen molar-refractivity contribution in [2.24, 2.45) is 0 Å². The lowest BCUT2D eigenvalue weighted by Gasteiger charge is -2.28. The van der Waals surface area contributed by atoms with E-state index in [1.165, 1.54) is 77.5 Å². The normalized spacial score (nSPS) is 11.9. The number of anilines is 3. The topological polar surface area (TPSA) is 3.24 Å². The van der Waals surface area contributed by atoms with Crippen LogP contribution in [0.15, 0.2) is 212 Å². The van der Waals surface area contributed by atoms with Gasteiger partial charge in [-0.1, -0.05) is 170 Å². The molecule has 9 aromatic rings. The van der Waals surface area contributed by atoms with Crippen LogP contribution in [0.25, 0.3) is 55.3 Å². The quantitative estimate of drug-likeness (QED) is 0.173. The molecule has 0 unspecified atom stereocenters.